The van der Waals surface area contributed by atoms with E-state index in [1.165, 1.54) is 4.68 Å². The smallest absolute Gasteiger partial charge is 0.260 e. The lowest BCUT2D eigenvalue weighted by Gasteiger charge is -2.10. The summed E-state index contributed by atoms with van der Waals surface area (Å²) in [5.41, 5.74) is 0.156. The Kier molecular flexibility index (Phi) is 3.74. The third kappa shape index (κ3) is 2.87. The molecule has 2 aromatic rings. The fourth-order valence-electron chi connectivity index (χ4n) is 1.60. The first-order chi connectivity index (χ1) is 9.11. The maximum absolute atomic E-state index is 13.2. The predicted octanol–water partition coefficient (Wildman–Crippen LogP) is 1.64. The molecule has 0 saturated carbocycles. The van der Waals surface area contributed by atoms with Crippen molar-refractivity contribution in [1.29, 1.82) is 0 Å². The van der Waals surface area contributed by atoms with E-state index < -0.39 is 11.7 Å². The molecule has 100 valence electrons. The number of pyridine rings is 1. The van der Waals surface area contributed by atoms with Crippen LogP contribution in [-0.2, 0) is 7.05 Å². The zero-order valence-corrected chi connectivity index (χ0v) is 10.6. The maximum atomic E-state index is 13.2. The highest BCUT2D eigenvalue weighted by atomic mass is 19.1. The van der Waals surface area contributed by atoms with E-state index >= 15 is 0 Å². The topological polar surface area (TPSA) is 71.8 Å². The molecule has 0 atom stereocenters. The molecule has 0 radical (unpaired) electrons. The molecule has 0 aliphatic carbocycles. The fourth-order valence-corrected chi connectivity index (χ4v) is 1.60. The second kappa shape index (κ2) is 5.47. The minimum absolute atomic E-state index is 0.156. The van der Waals surface area contributed by atoms with E-state index in [0.29, 0.717) is 18.2 Å². The van der Waals surface area contributed by atoms with Gasteiger partial charge in [0.25, 0.3) is 5.91 Å². The van der Waals surface area contributed by atoms with Gasteiger partial charge in [0, 0.05) is 19.7 Å². The Bertz CT molecular complexity index is 596. The van der Waals surface area contributed by atoms with Gasteiger partial charge in [-0.05, 0) is 13.0 Å². The Labute approximate surface area is 109 Å². The second-order valence-electron chi connectivity index (χ2n) is 3.87. The van der Waals surface area contributed by atoms with Crippen molar-refractivity contribution in [2.45, 2.75) is 6.92 Å². The SMILES string of the molecule is CCNc1ncc(F)cc1C(=O)Nc1ccnn1C. The fraction of sp³-hybridized carbons (Fsp3) is 0.250. The third-order valence-corrected chi connectivity index (χ3v) is 2.51. The number of hydrogen-bond donors (Lipinski definition) is 2. The highest BCUT2D eigenvalue weighted by Gasteiger charge is 2.15. The summed E-state index contributed by atoms with van der Waals surface area (Å²) in [5.74, 6) is -0.122. The van der Waals surface area contributed by atoms with Gasteiger partial charge in [-0.25, -0.2) is 9.37 Å². The Balaban J connectivity index is 2.27. The van der Waals surface area contributed by atoms with Crippen LogP contribution in [0.1, 0.15) is 17.3 Å². The zero-order valence-electron chi connectivity index (χ0n) is 10.6. The Hall–Kier alpha value is -2.44. The summed E-state index contributed by atoms with van der Waals surface area (Å²) in [6, 6.07) is 2.80. The van der Waals surface area contributed by atoms with Gasteiger partial charge in [0.2, 0.25) is 0 Å². The normalized spacial score (nSPS) is 10.3. The van der Waals surface area contributed by atoms with Gasteiger partial charge in [0.1, 0.15) is 17.5 Å². The predicted molar refractivity (Wildman–Crippen MR) is 69.5 cm³/mol. The highest BCUT2D eigenvalue weighted by molar-refractivity contribution is 6.07. The second-order valence-corrected chi connectivity index (χ2v) is 3.87. The summed E-state index contributed by atoms with van der Waals surface area (Å²) in [4.78, 5) is 16.0. The van der Waals surface area contributed by atoms with Crippen LogP contribution in [0.25, 0.3) is 0 Å². The molecule has 0 aromatic carbocycles. The van der Waals surface area contributed by atoms with Crippen LogP contribution in [0.2, 0.25) is 0 Å². The van der Waals surface area contributed by atoms with Crippen LogP contribution >= 0.6 is 0 Å². The van der Waals surface area contributed by atoms with Crippen molar-refractivity contribution in [3.63, 3.8) is 0 Å². The summed E-state index contributed by atoms with van der Waals surface area (Å²) < 4.78 is 14.7. The van der Waals surface area contributed by atoms with Gasteiger partial charge in [-0.1, -0.05) is 0 Å². The number of nitrogens with zero attached hydrogens (tertiary/aromatic N) is 3. The molecule has 0 unspecified atom stereocenters. The zero-order chi connectivity index (χ0) is 13.8. The average Bonchev–Trinajstić information content (AvgIpc) is 2.77. The molecule has 0 spiro atoms. The van der Waals surface area contributed by atoms with E-state index in [-0.39, 0.29) is 5.56 Å². The molecular weight excluding hydrogens is 249 g/mol. The van der Waals surface area contributed by atoms with E-state index in [1.807, 2.05) is 6.92 Å². The number of hydrogen-bond acceptors (Lipinski definition) is 4. The first kappa shape index (κ1) is 13.0. The number of amides is 1. The monoisotopic (exact) mass is 263 g/mol. The molecule has 19 heavy (non-hydrogen) atoms. The van der Waals surface area contributed by atoms with Crippen molar-refractivity contribution < 1.29 is 9.18 Å². The van der Waals surface area contributed by atoms with Crippen molar-refractivity contribution in [3.05, 3.63) is 35.9 Å². The van der Waals surface area contributed by atoms with Crippen LogP contribution in [0.4, 0.5) is 16.0 Å². The molecule has 2 heterocycles. The molecule has 7 heteroatoms. The quantitative estimate of drug-likeness (QED) is 0.879. The summed E-state index contributed by atoms with van der Waals surface area (Å²) in [6.45, 7) is 2.46. The largest absolute Gasteiger partial charge is 0.370 e. The molecule has 0 bridgehead atoms. The number of aromatic nitrogens is 3. The Morgan fingerprint density at radius 1 is 1.53 bits per heavy atom. The van der Waals surface area contributed by atoms with Gasteiger partial charge < -0.3 is 10.6 Å². The Morgan fingerprint density at radius 3 is 2.95 bits per heavy atom. The van der Waals surface area contributed by atoms with Crippen LogP contribution in [0.3, 0.4) is 0 Å². The lowest BCUT2D eigenvalue weighted by atomic mass is 10.2. The van der Waals surface area contributed by atoms with Crippen LogP contribution in [0, 0.1) is 5.82 Å². The molecule has 2 N–H and O–H groups in total. The molecule has 2 rings (SSSR count). The van der Waals surface area contributed by atoms with E-state index in [2.05, 4.69) is 20.7 Å². The van der Waals surface area contributed by atoms with Gasteiger partial charge in [0.05, 0.1) is 18.0 Å². The van der Waals surface area contributed by atoms with Crippen molar-refractivity contribution >= 4 is 17.5 Å². The molecule has 0 aliphatic heterocycles. The number of halogens is 1. The molecule has 2 aromatic heterocycles. The lowest BCUT2D eigenvalue weighted by Crippen LogP contribution is -2.17. The van der Waals surface area contributed by atoms with Gasteiger partial charge in [0.15, 0.2) is 0 Å². The van der Waals surface area contributed by atoms with E-state index in [4.69, 9.17) is 0 Å². The first-order valence-corrected chi connectivity index (χ1v) is 5.80. The summed E-state index contributed by atoms with van der Waals surface area (Å²) in [5, 5.41) is 9.50. The van der Waals surface area contributed by atoms with Crippen molar-refractivity contribution in [2.24, 2.45) is 7.05 Å². The minimum atomic E-state index is -0.559. The minimum Gasteiger partial charge on any atom is -0.370 e. The average molecular weight is 263 g/mol. The van der Waals surface area contributed by atoms with E-state index in [1.54, 1.807) is 19.3 Å². The van der Waals surface area contributed by atoms with Gasteiger partial charge in [-0.2, -0.15) is 5.10 Å². The number of aryl methyl sites for hydroxylation is 1. The van der Waals surface area contributed by atoms with E-state index in [9.17, 15) is 9.18 Å². The number of carbonyl (C=O) groups excluding carboxylic acids is 1. The van der Waals surface area contributed by atoms with Crippen molar-refractivity contribution in [3.8, 4) is 0 Å². The Morgan fingerprint density at radius 2 is 2.32 bits per heavy atom. The number of rotatable bonds is 4. The molecule has 0 saturated heterocycles. The third-order valence-electron chi connectivity index (χ3n) is 2.51. The van der Waals surface area contributed by atoms with Crippen LogP contribution in [0.15, 0.2) is 24.5 Å². The lowest BCUT2D eigenvalue weighted by molar-refractivity contribution is 0.102. The van der Waals surface area contributed by atoms with Gasteiger partial charge in [-0.15, -0.1) is 0 Å². The summed E-state index contributed by atoms with van der Waals surface area (Å²) in [7, 11) is 1.70. The molecule has 6 nitrogen and oxygen atoms in total. The maximum Gasteiger partial charge on any atom is 0.260 e. The van der Waals surface area contributed by atoms with Gasteiger partial charge in [-0.3, -0.25) is 9.48 Å². The summed E-state index contributed by atoms with van der Waals surface area (Å²) in [6.07, 6.45) is 2.63. The number of anilines is 2. The molecule has 0 aliphatic rings. The first-order valence-electron chi connectivity index (χ1n) is 5.80. The highest BCUT2D eigenvalue weighted by Crippen LogP contribution is 2.15. The van der Waals surface area contributed by atoms with Crippen molar-refractivity contribution in [1.82, 2.24) is 14.8 Å². The molecule has 0 fully saturated rings. The number of carbonyl (C=O) groups is 1. The standard InChI is InChI=1S/C12H14FN5O/c1-3-14-11-9(6-8(13)7-15-11)12(19)17-10-4-5-16-18(10)2/h4-7H,3H2,1-2H3,(H,14,15)(H,17,19). The van der Waals surface area contributed by atoms with Crippen LogP contribution < -0.4 is 10.6 Å². The molecule has 1 amide bonds. The summed E-state index contributed by atoms with van der Waals surface area (Å²) >= 11 is 0. The van der Waals surface area contributed by atoms with Gasteiger partial charge >= 0.3 is 0 Å². The van der Waals surface area contributed by atoms with Crippen molar-refractivity contribution in [2.75, 3.05) is 17.2 Å². The van der Waals surface area contributed by atoms with E-state index in [0.717, 1.165) is 12.3 Å². The van der Waals surface area contributed by atoms with Crippen LogP contribution in [-0.4, -0.2) is 27.2 Å². The number of nitrogens with one attached hydrogen (secondary N) is 2. The molecular formula is C12H14FN5O. The van der Waals surface area contributed by atoms with Crippen LogP contribution in [0.5, 0.6) is 0 Å².